The predicted molar refractivity (Wildman–Crippen MR) is 33.6 cm³/mol. The van der Waals surface area contributed by atoms with E-state index in [1.807, 2.05) is 0 Å². The van der Waals surface area contributed by atoms with Crippen LogP contribution in [0.15, 0.2) is 0 Å². The zero-order valence-electron chi connectivity index (χ0n) is 3.06. The standard InChI is InChI=1S/C2H6P2S/c1-5-4-2-3-4/h4H,2H2,1H3. The van der Waals surface area contributed by atoms with Crippen LogP contribution in [-0.2, 0) is 0 Å². The highest BCUT2D eigenvalue weighted by Gasteiger charge is 2.00. The minimum absolute atomic E-state index is 0.265. The number of hydrogen-bond donors (Lipinski definition) is 0. The summed E-state index contributed by atoms with van der Waals surface area (Å²) in [5, 5.41) is 0. The van der Waals surface area contributed by atoms with E-state index in [1.165, 1.54) is 0 Å². The fourth-order valence-electron chi connectivity index (χ4n) is 0.161. The van der Waals surface area contributed by atoms with Crippen molar-refractivity contribution in [2.75, 3.05) is 12.2 Å². The van der Waals surface area contributed by atoms with Crippen molar-refractivity contribution in [1.82, 2.24) is 0 Å². The fourth-order valence-corrected chi connectivity index (χ4v) is 6.10. The molecule has 0 fully saturated rings. The second-order valence-electron chi connectivity index (χ2n) is 0.914. The first kappa shape index (κ1) is 4.24. The lowest BCUT2D eigenvalue weighted by atomic mass is 11.9. The van der Waals surface area contributed by atoms with E-state index in [1.54, 1.807) is 13.8 Å². The second kappa shape index (κ2) is 1.69. The van der Waals surface area contributed by atoms with Gasteiger partial charge in [-0.15, -0.1) is 11.4 Å². The molecule has 5 heavy (non-hydrogen) atoms. The van der Waals surface area contributed by atoms with Crippen LogP contribution < -0.4 is 0 Å². The summed E-state index contributed by atoms with van der Waals surface area (Å²) < 4.78 is 0. The molecular formula is C2H6P2S. The van der Waals surface area contributed by atoms with Crippen LogP contribution in [0.3, 0.4) is 0 Å². The van der Waals surface area contributed by atoms with Crippen LogP contribution in [0.2, 0.25) is 0 Å². The Kier molecular flexibility index (Phi) is 1.43. The number of rotatable bonds is 1. The van der Waals surface area contributed by atoms with Crippen molar-refractivity contribution in [1.29, 1.82) is 0 Å². The molecule has 0 aliphatic carbocycles. The topological polar surface area (TPSA) is 0 Å². The lowest BCUT2D eigenvalue weighted by molar-refractivity contribution is 2.36. The molecule has 0 aromatic carbocycles. The first-order chi connectivity index (χ1) is 2.43. The zero-order valence-corrected chi connectivity index (χ0v) is 5.77. The highest BCUT2D eigenvalue weighted by Crippen LogP contribution is 2.63. The monoisotopic (exact) mass is 124 g/mol. The molecule has 1 aliphatic rings. The van der Waals surface area contributed by atoms with Gasteiger partial charge in [-0.1, -0.05) is 7.87 Å². The molecule has 0 bridgehead atoms. The maximum absolute atomic E-state index is 2.22. The molecule has 0 aromatic heterocycles. The lowest BCUT2D eigenvalue weighted by Gasteiger charge is -1.69. The largest absolute Gasteiger partial charge is 0.137 e. The minimum Gasteiger partial charge on any atom is -0.137 e. The number of hydrogen-bond acceptors (Lipinski definition) is 1. The van der Waals surface area contributed by atoms with E-state index < -0.39 is 0 Å². The first-order valence-electron chi connectivity index (χ1n) is 1.51. The third-order valence-electron chi connectivity index (χ3n) is 0.523. The maximum Gasteiger partial charge on any atom is 0.0197 e. The maximum atomic E-state index is 2.22. The third kappa shape index (κ3) is 1.30. The molecule has 0 N–H and O–H groups in total. The summed E-state index contributed by atoms with van der Waals surface area (Å²) in [5.41, 5.74) is 0. The van der Waals surface area contributed by atoms with Gasteiger partial charge in [-0.2, -0.15) is 0 Å². The van der Waals surface area contributed by atoms with Crippen LogP contribution in [0.25, 0.3) is 0 Å². The van der Waals surface area contributed by atoms with Crippen molar-refractivity contribution in [3.63, 3.8) is 0 Å². The van der Waals surface area contributed by atoms with E-state index in [2.05, 4.69) is 17.6 Å². The average Bonchev–Trinajstić information content (AvgIpc) is 2.12. The molecule has 0 saturated heterocycles. The van der Waals surface area contributed by atoms with Crippen molar-refractivity contribution < 1.29 is 0 Å². The van der Waals surface area contributed by atoms with Crippen LogP contribution >= 0.6 is 25.7 Å². The van der Waals surface area contributed by atoms with Crippen molar-refractivity contribution in [3.8, 4) is 0 Å². The van der Waals surface area contributed by atoms with Crippen molar-refractivity contribution in [3.05, 3.63) is 0 Å². The molecule has 1 heterocycles. The highest BCUT2D eigenvalue weighted by atomic mass is 32.8. The highest BCUT2D eigenvalue weighted by molar-refractivity contribution is 8.67. The lowest BCUT2D eigenvalue weighted by Crippen LogP contribution is -1.24. The van der Waals surface area contributed by atoms with Gasteiger partial charge in [0.2, 0.25) is 0 Å². The molecule has 3 heteroatoms. The SMILES string of the molecule is CS[PH]1=PC1. The Hall–Kier alpha value is 1.08. The van der Waals surface area contributed by atoms with Gasteiger partial charge in [0.05, 0.1) is 0 Å². The van der Waals surface area contributed by atoms with Crippen molar-refractivity contribution in [2.45, 2.75) is 0 Å². The summed E-state index contributed by atoms with van der Waals surface area (Å²) >= 11 is 2.08. The smallest absolute Gasteiger partial charge is 0.0197 e. The molecule has 1 unspecified atom stereocenters. The van der Waals surface area contributed by atoms with Gasteiger partial charge < -0.3 is 0 Å². The normalized spacial score (nSPS) is 35.8. The van der Waals surface area contributed by atoms with Crippen LogP contribution in [0.1, 0.15) is 0 Å². The van der Waals surface area contributed by atoms with E-state index in [-0.39, 0.29) is 6.41 Å². The Bertz CT molecular complexity index is 68.0. The Balaban J connectivity index is 2.22. The summed E-state index contributed by atoms with van der Waals surface area (Å²) in [7, 11) is 1.76. The molecule has 0 nitrogen and oxygen atoms in total. The molecule has 1 rings (SSSR count). The summed E-state index contributed by atoms with van der Waals surface area (Å²) in [5.74, 6) is 1.55. The third-order valence-corrected chi connectivity index (χ3v) is 8.67. The molecule has 0 radical (unpaired) electrons. The van der Waals surface area contributed by atoms with Gasteiger partial charge >= 0.3 is 0 Å². The summed E-state index contributed by atoms with van der Waals surface area (Å²) in [6.07, 6.45) is 2.48. The van der Waals surface area contributed by atoms with Gasteiger partial charge in [-0.25, -0.2) is 0 Å². The van der Waals surface area contributed by atoms with E-state index >= 15 is 0 Å². The van der Waals surface area contributed by atoms with Gasteiger partial charge in [-0.3, -0.25) is 0 Å². The minimum atomic E-state index is 0.265. The van der Waals surface area contributed by atoms with Crippen LogP contribution in [-0.4, -0.2) is 12.2 Å². The predicted octanol–water partition coefficient (Wildman–Crippen LogP) is 2.31. The zero-order chi connectivity index (χ0) is 3.70. The van der Waals surface area contributed by atoms with Crippen LogP contribution in [0.4, 0.5) is 0 Å². The van der Waals surface area contributed by atoms with E-state index in [0.29, 0.717) is 0 Å². The van der Waals surface area contributed by atoms with Gasteiger partial charge in [0.15, 0.2) is 0 Å². The van der Waals surface area contributed by atoms with Crippen LogP contribution in [0.5, 0.6) is 0 Å². The van der Waals surface area contributed by atoms with Crippen molar-refractivity contribution in [2.24, 2.45) is 0 Å². The van der Waals surface area contributed by atoms with Crippen molar-refractivity contribution >= 4 is 25.7 Å². The molecule has 1 aliphatic heterocycles. The summed E-state index contributed by atoms with van der Waals surface area (Å²) in [6.45, 7) is 0. The molecule has 0 saturated carbocycles. The summed E-state index contributed by atoms with van der Waals surface area (Å²) in [4.78, 5) is 0. The van der Waals surface area contributed by atoms with Gasteiger partial charge in [0, 0.05) is 5.90 Å². The van der Waals surface area contributed by atoms with E-state index in [9.17, 15) is 0 Å². The Morgan fingerprint density at radius 2 is 2.60 bits per heavy atom. The molecular weight excluding hydrogens is 118 g/mol. The Morgan fingerprint density at radius 1 is 2.00 bits per heavy atom. The first-order valence-corrected chi connectivity index (χ1v) is 7.08. The molecule has 1 atom stereocenters. The van der Waals surface area contributed by atoms with Gasteiger partial charge in [-0.05, 0) is 12.7 Å². The molecule has 0 spiro atoms. The second-order valence-corrected chi connectivity index (χ2v) is 9.87. The Labute approximate surface area is 38.5 Å². The fraction of sp³-hybridized carbons (Fsp3) is 1.00. The Morgan fingerprint density at radius 3 is 2.60 bits per heavy atom. The molecule has 30 valence electrons. The van der Waals surface area contributed by atoms with Gasteiger partial charge in [0.25, 0.3) is 0 Å². The molecule has 0 aromatic rings. The van der Waals surface area contributed by atoms with E-state index in [0.717, 1.165) is 0 Å². The van der Waals surface area contributed by atoms with E-state index in [4.69, 9.17) is 0 Å². The quantitative estimate of drug-likeness (QED) is 0.483. The average molecular weight is 124 g/mol. The van der Waals surface area contributed by atoms with Gasteiger partial charge in [0.1, 0.15) is 0 Å². The van der Waals surface area contributed by atoms with Crippen LogP contribution in [0, 0.1) is 0 Å². The summed E-state index contributed by atoms with van der Waals surface area (Å²) in [6, 6.07) is 0. The molecule has 0 amide bonds.